The van der Waals surface area contributed by atoms with Gasteiger partial charge in [-0.25, -0.2) is 4.79 Å². The molecule has 0 saturated heterocycles. The summed E-state index contributed by atoms with van der Waals surface area (Å²) in [7, 11) is 5.47. The Morgan fingerprint density at radius 1 is 0.689 bits per heavy atom. The fourth-order valence-electron chi connectivity index (χ4n) is 4.27. The summed E-state index contributed by atoms with van der Waals surface area (Å²) < 4.78 is 16.8. The Hall–Kier alpha value is -2.97. The highest BCUT2D eigenvalue weighted by molar-refractivity contribution is 5.72. The van der Waals surface area contributed by atoms with Crippen LogP contribution in [0.2, 0.25) is 0 Å². The number of nitrogens with zero attached hydrogens (tertiary/aromatic N) is 1. The Kier molecular flexibility index (Phi) is 26.6. The second-order valence-electron chi connectivity index (χ2n) is 12.0. The molecule has 2 unspecified atom stereocenters. The SMILES string of the molecule is CC/C=C\C/C=C\C/C=C\C/C=C\C/C=C\CCCCCC(=O)OC(COCCC(C(=O)O)[N+](C)(C)C)COC(=O)CCCC. The monoisotopic (exact) mass is 632 g/mol. The van der Waals surface area contributed by atoms with Crippen LogP contribution in [0.15, 0.2) is 60.8 Å². The number of aliphatic carboxylic acids is 1. The fourth-order valence-corrected chi connectivity index (χ4v) is 4.27. The minimum absolute atomic E-state index is 0.0420. The maximum Gasteiger partial charge on any atom is 0.362 e. The van der Waals surface area contributed by atoms with Gasteiger partial charge in [-0.15, -0.1) is 0 Å². The molecule has 0 aromatic heterocycles. The number of carbonyl (C=O) groups excluding carboxylic acids is 2. The summed E-state index contributed by atoms with van der Waals surface area (Å²) in [6, 6.07) is -0.618. The Labute approximate surface area is 273 Å². The van der Waals surface area contributed by atoms with Gasteiger partial charge in [0.25, 0.3) is 0 Å². The lowest BCUT2D eigenvalue weighted by Crippen LogP contribution is -2.50. The first-order valence-electron chi connectivity index (χ1n) is 16.8. The van der Waals surface area contributed by atoms with Crippen molar-refractivity contribution in [3.63, 3.8) is 0 Å². The predicted molar refractivity (Wildman–Crippen MR) is 183 cm³/mol. The minimum atomic E-state index is -0.889. The predicted octanol–water partition coefficient (Wildman–Crippen LogP) is 7.90. The number of carboxylic acids is 1. The third-order valence-corrected chi connectivity index (χ3v) is 6.93. The molecule has 0 heterocycles. The van der Waals surface area contributed by atoms with E-state index in [9.17, 15) is 19.5 Å². The average molecular weight is 633 g/mol. The number of carboxylic acid groups (broad SMARTS) is 1. The second-order valence-corrected chi connectivity index (χ2v) is 12.0. The number of hydrogen-bond acceptors (Lipinski definition) is 6. The van der Waals surface area contributed by atoms with E-state index in [4.69, 9.17) is 14.2 Å². The number of esters is 2. The molecule has 8 nitrogen and oxygen atoms in total. The third kappa shape index (κ3) is 27.1. The van der Waals surface area contributed by atoms with E-state index in [-0.39, 0.29) is 42.7 Å². The van der Waals surface area contributed by atoms with E-state index in [1.807, 2.05) is 28.1 Å². The summed E-state index contributed by atoms with van der Waals surface area (Å²) in [5, 5.41) is 9.50. The smallest absolute Gasteiger partial charge is 0.362 e. The van der Waals surface area contributed by atoms with Gasteiger partial charge in [-0.1, -0.05) is 87.4 Å². The van der Waals surface area contributed by atoms with Crippen molar-refractivity contribution in [3.8, 4) is 0 Å². The van der Waals surface area contributed by atoms with Gasteiger partial charge in [-0.3, -0.25) is 9.59 Å². The number of hydrogen-bond donors (Lipinski definition) is 1. The molecule has 8 heteroatoms. The van der Waals surface area contributed by atoms with Gasteiger partial charge in [-0.2, -0.15) is 0 Å². The molecule has 0 spiro atoms. The molecule has 0 radical (unpaired) electrons. The molecule has 256 valence electrons. The highest BCUT2D eigenvalue weighted by atomic mass is 16.6. The summed E-state index contributed by atoms with van der Waals surface area (Å²) >= 11 is 0. The molecular weight excluding hydrogens is 570 g/mol. The van der Waals surface area contributed by atoms with Crippen molar-refractivity contribution in [1.29, 1.82) is 0 Å². The van der Waals surface area contributed by atoms with Crippen LogP contribution in [0.5, 0.6) is 0 Å². The van der Waals surface area contributed by atoms with Gasteiger partial charge in [0.2, 0.25) is 0 Å². The summed E-state index contributed by atoms with van der Waals surface area (Å²) in [4.78, 5) is 36.0. The molecule has 0 fully saturated rings. The van der Waals surface area contributed by atoms with Crippen LogP contribution in [-0.2, 0) is 28.6 Å². The van der Waals surface area contributed by atoms with Crippen LogP contribution < -0.4 is 0 Å². The maximum absolute atomic E-state index is 12.5. The molecule has 0 aromatic carbocycles. The Balaban J connectivity index is 4.29. The van der Waals surface area contributed by atoms with Gasteiger partial charge in [0, 0.05) is 19.3 Å². The first kappa shape index (κ1) is 42.0. The first-order valence-corrected chi connectivity index (χ1v) is 16.8. The number of carbonyl (C=O) groups is 3. The molecule has 0 aliphatic rings. The number of rotatable bonds is 28. The summed E-state index contributed by atoms with van der Waals surface area (Å²) in [6.07, 6.45) is 32.2. The lowest BCUT2D eigenvalue weighted by Gasteiger charge is -2.31. The van der Waals surface area contributed by atoms with Crippen LogP contribution >= 0.6 is 0 Å². The van der Waals surface area contributed by atoms with Crippen LogP contribution in [0.25, 0.3) is 0 Å². The van der Waals surface area contributed by atoms with Crippen molar-refractivity contribution >= 4 is 17.9 Å². The Morgan fingerprint density at radius 2 is 1.24 bits per heavy atom. The highest BCUT2D eigenvalue weighted by Crippen LogP contribution is 2.11. The van der Waals surface area contributed by atoms with Gasteiger partial charge < -0.3 is 23.8 Å². The molecule has 0 aliphatic heterocycles. The second kappa shape index (κ2) is 28.5. The van der Waals surface area contributed by atoms with Gasteiger partial charge in [0.1, 0.15) is 6.61 Å². The number of ether oxygens (including phenoxy) is 3. The zero-order valence-corrected chi connectivity index (χ0v) is 28.8. The highest BCUT2D eigenvalue weighted by Gasteiger charge is 2.31. The van der Waals surface area contributed by atoms with Gasteiger partial charge >= 0.3 is 17.9 Å². The van der Waals surface area contributed by atoms with Gasteiger partial charge in [-0.05, 0) is 57.8 Å². The zero-order chi connectivity index (χ0) is 33.6. The van der Waals surface area contributed by atoms with E-state index in [0.29, 0.717) is 12.8 Å². The number of quaternary nitrogens is 1. The van der Waals surface area contributed by atoms with Crippen molar-refractivity contribution in [2.24, 2.45) is 0 Å². The minimum Gasteiger partial charge on any atom is -0.477 e. The lowest BCUT2D eigenvalue weighted by molar-refractivity contribution is -0.887. The summed E-state index contributed by atoms with van der Waals surface area (Å²) in [6.45, 7) is 4.30. The summed E-state index contributed by atoms with van der Waals surface area (Å²) in [5.41, 5.74) is 0. The molecule has 0 bridgehead atoms. The standard InChI is InChI=1S/C37H61NO7/c1-6-8-10-11-12-13-14-15-16-17-18-19-20-21-22-23-24-25-26-28-36(40)45-33(32-44-35(39)27-9-7-2)31-43-30-29-34(37(41)42)38(3,4)5/h8,10,12-13,15-16,18-19,21-22,33-34H,6-7,9,11,14,17,20,23-32H2,1-5H3/p+1/b10-8-,13-12-,16-15-,19-18-,22-21-. The van der Waals surface area contributed by atoms with E-state index in [2.05, 4.69) is 67.7 Å². The molecule has 0 rings (SSSR count). The molecule has 0 amide bonds. The van der Waals surface area contributed by atoms with Crippen LogP contribution in [0.3, 0.4) is 0 Å². The van der Waals surface area contributed by atoms with E-state index in [1.54, 1.807) is 0 Å². The quantitative estimate of drug-likeness (QED) is 0.0405. The number of likely N-dealkylation sites (N-methyl/N-ethyl adjacent to an activating group) is 1. The average Bonchev–Trinajstić information content (AvgIpc) is 2.98. The van der Waals surface area contributed by atoms with E-state index >= 15 is 0 Å². The Bertz CT molecular complexity index is 928. The molecule has 0 aliphatic carbocycles. The van der Waals surface area contributed by atoms with Crippen molar-refractivity contribution < 1.29 is 38.2 Å². The number of allylic oxidation sites excluding steroid dienone is 10. The zero-order valence-electron chi connectivity index (χ0n) is 28.8. The van der Waals surface area contributed by atoms with E-state index < -0.39 is 18.1 Å². The van der Waals surface area contributed by atoms with Gasteiger partial charge in [0.15, 0.2) is 12.1 Å². The van der Waals surface area contributed by atoms with E-state index in [0.717, 1.165) is 70.6 Å². The first-order chi connectivity index (χ1) is 21.6. The molecule has 0 saturated carbocycles. The van der Waals surface area contributed by atoms with Crippen LogP contribution in [-0.4, -0.2) is 80.6 Å². The van der Waals surface area contributed by atoms with Crippen LogP contribution in [0.4, 0.5) is 0 Å². The number of unbranched alkanes of at least 4 members (excludes halogenated alkanes) is 4. The van der Waals surface area contributed by atoms with Crippen molar-refractivity contribution in [2.75, 3.05) is 41.0 Å². The fraction of sp³-hybridized carbons (Fsp3) is 0.649. The van der Waals surface area contributed by atoms with Crippen LogP contribution in [0.1, 0.15) is 104 Å². The molecule has 45 heavy (non-hydrogen) atoms. The van der Waals surface area contributed by atoms with Crippen molar-refractivity contribution in [1.82, 2.24) is 0 Å². The summed E-state index contributed by atoms with van der Waals surface area (Å²) in [5.74, 6) is -1.57. The maximum atomic E-state index is 12.5. The molecular formula is C37H62NO7+. The van der Waals surface area contributed by atoms with Gasteiger partial charge in [0.05, 0.1) is 34.4 Å². The topological polar surface area (TPSA) is 99.1 Å². The largest absolute Gasteiger partial charge is 0.477 e. The molecule has 0 aromatic rings. The Morgan fingerprint density at radius 3 is 1.78 bits per heavy atom. The molecule has 1 N–H and O–H groups in total. The normalized spacial score (nSPS) is 13.9. The molecule has 2 atom stereocenters. The van der Waals surface area contributed by atoms with Crippen molar-refractivity contribution in [2.45, 2.75) is 116 Å². The lowest BCUT2D eigenvalue weighted by atomic mass is 10.1. The van der Waals surface area contributed by atoms with Crippen molar-refractivity contribution in [3.05, 3.63) is 60.8 Å². The van der Waals surface area contributed by atoms with E-state index in [1.165, 1.54) is 0 Å². The third-order valence-electron chi connectivity index (χ3n) is 6.93. The van der Waals surface area contributed by atoms with Crippen LogP contribution in [0, 0.1) is 0 Å².